The number of benzene rings is 1. The Morgan fingerprint density at radius 1 is 1.33 bits per heavy atom. The summed E-state index contributed by atoms with van der Waals surface area (Å²) in [6.45, 7) is 2.24. The van der Waals surface area contributed by atoms with Gasteiger partial charge in [-0.2, -0.15) is 0 Å². The highest BCUT2D eigenvalue weighted by atomic mass is 16.6. The minimum Gasteiger partial charge on any atom is -0.380 e. The SMILES string of the molecule is COCc1ccccc1C(OCC1CO1)C1CC1. The highest BCUT2D eigenvalue weighted by Crippen LogP contribution is 2.44. The molecule has 2 atom stereocenters. The predicted molar refractivity (Wildman–Crippen MR) is 68.3 cm³/mol. The van der Waals surface area contributed by atoms with Crippen molar-refractivity contribution >= 4 is 0 Å². The second kappa shape index (κ2) is 5.39. The third kappa shape index (κ3) is 2.91. The molecule has 1 aliphatic carbocycles. The van der Waals surface area contributed by atoms with Gasteiger partial charge in [-0.1, -0.05) is 24.3 Å². The van der Waals surface area contributed by atoms with Crippen molar-refractivity contribution in [2.45, 2.75) is 31.7 Å². The molecule has 2 unspecified atom stereocenters. The molecule has 0 N–H and O–H groups in total. The number of epoxide rings is 1. The summed E-state index contributed by atoms with van der Waals surface area (Å²) in [5, 5.41) is 0. The lowest BCUT2D eigenvalue weighted by molar-refractivity contribution is 0.0259. The molecule has 1 aromatic rings. The molecule has 3 heteroatoms. The molecule has 1 heterocycles. The minimum atomic E-state index is 0.223. The summed E-state index contributed by atoms with van der Waals surface area (Å²) in [7, 11) is 1.74. The Morgan fingerprint density at radius 3 is 2.78 bits per heavy atom. The Labute approximate surface area is 108 Å². The lowest BCUT2D eigenvalue weighted by Crippen LogP contribution is -2.13. The molecule has 0 amide bonds. The summed E-state index contributed by atoms with van der Waals surface area (Å²) in [4.78, 5) is 0. The quantitative estimate of drug-likeness (QED) is 0.695. The van der Waals surface area contributed by atoms with Gasteiger partial charge in [-0.25, -0.2) is 0 Å². The largest absolute Gasteiger partial charge is 0.380 e. The minimum absolute atomic E-state index is 0.223. The van der Waals surface area contributed by atoms with Crippen molar-refractivity contribution in [2.75, 3.05) is 20.3 Å². The number of rotatable bonds is 7. The van der Waals surface area contributed by atoms with Crippen LogP contribution in [-0.2, 0) is 20.8 Å². The summed E-state index contributed by atoms with van der Waals surface area (Å²) in [5.41, 5.74) is 2.54. The molecular weight excluding hydrogens is 228 g/mol. The van der Waals surface area contributed by atoms with Crippen molar-refractivity contribution in [1.29, 1.82) is 0 Å². The zero-order chi connectivity index (χ0) is 12.4. The van der Waals surface area contributed by atoms with Gasteiger partial charge < -0.3 is 14.2 Å². The third-order valence-corrected chi connectivity index (χ3v) is 3.58. The molecule has 18 heavy (non-hydrogen) atoms. The molecular formula is C15H20O3. The Bertz CT molecular complexity index is 396. The summed E-state index contributed by atoms with van der Waals surface area (Å²) in [6, 6.07) is 8.45. The summed E-state index contributed by atoms with van der Waals surface area (Å²) in [6.07, 6.45) is 3.11. The zero-order valence-electron chi connectivity index (χ0n) is 10.8. The number of hydrogen-bond donors (Lipinski definition) is 0. The third-order valence-electron chi connectivity index (χ3n) is 3.58. The fraction of sp³-hybridized carbons (Fsp3) is 0.600. The topological polar surface area (TPSA) is 31.0 Å². The lowest BCUT2D eigenvalue weighted by Gasteiger charge is -2.20. The molecule has 1 aliphatic heterocycles. The summed E-state index contributed by atoms with van der Waals surface area (Å²) in [5.74, 6) is 0.682. The molecule has 3 rings (SSSR count). The first-order valence-corrected chi connectivity index (χ1v) is 6.68. The Hall–Kier alpha value is -0.900. The molecule has 0 radical (unpaired) electrons. The van der Waals surface area contributed by atoms with Crippen LogP contribution in [-0.4, -0.2) is 26.4 Å². The van der Waals surface area contributed by atoms with Crippen LogP contribution >= 0.6 is 0 Å². The van der Waals surface area contributed by atoms with Crippen LogP contribution in [0.1, 0.15) is 30.1 Å². The van der Waals surface area contributed by atoms with E-state index >= 15 is 0 Å². The van der Waals surface area contributed by atoms with Gasteiger partial charge in [0.25, 0.3) is 0 Å². The van der Waals surface area contributed by atoms with Gasteiger partial charge in [0.1, 0.15) is 6.10 Å². The number of methoxy groups -OCH3 is 1. The maximum Gasteiger partial charge on any atom is 0.104 e. The van der Waals surface area contributed by atoms with E-state index in [1.807, 2.05) is 0 Å². The van der Waals surface area contributed by atoms with Crippen LogP contribution in [0.15, 0.2) is 24.3 Å². The average molecular weight is 248 g/mol. The van der Waals surface area contributed by atoms with E-state index in [1.54, 1.807) is 7.11 Å². The smallest absolute Gasteiger partial charge is 0.104 e. The second-order valence-corrected chi connectivity index (χ2v) is 5.18. The molecule has 0 spiro atoms. The monoisotopic (exact) mass is 248 g/mol. The van der Waals surface area contributed by atoms with Crippen molar-refractivity contribution in [3.8, 4) is 0 Å². The highest BCUT2D eigenvalue weighted by Gasteiger charge is 2.35. The Kier molecular flexibility index (Phi) is 3.64. The van der Waals surface area contributed by atoms with Crippen LogP contribution < -0.4 is 0 Å². The van der Waals surface area contributed by atoms with Crippen LogP contribution in [0.25, 0.3) is 0 Å². The van der Waals surface area contributed by atoms with E-state index in [0.29, 0.717) is 18.6 Å². The van der Waals surface area contributed by atoms with Crippen LogP contribution in [0.5, 0.6) is 0 Å². The molecule has 3 nitrogen and oxygen atoms in total. The van der Waals surface area contributed by atoms with Gasteiger partial charge in [-0.05, 0) is 29.9 Å². The highest BCUT2D eigenvalue weighted by molar-refractivity contribution is 5.30. The van der Waals surface area contributed by atoms with Crippen molar-refractivity contribution in [2.24, 2.45) is 5.92 Å². The molecule has 1 aromatic carbocycles. The Morgan fingerprint density at radius 2 is 2.11 bits per heavy atom. The fourth-order valence-electron chi connectivity index (χ4n) is 2.35. The molecule has 1 saturated carbocycles. The number of hydrogen-bond acceptors (Lipinski definition) is 3. The van der Waals surface area contributed by atoms with Crippen LogP contribution in [0, 0.1) is 5.92 Å². The molecule has 2 fully saturated rings. The van der Waals surface area contributed by atoms with Crippen LogP contribution in [0.4, 0.5) is 0 Å². The van der Waals surface area contributed by atoms with E-state index in [0.717, 1.165) is 13.2 Å². The van der Waals surface area contributed by atoms with Crippen molar-refractivity contribution in [1.82, 2.24) is 0 Å². The molecule has 98 valence electrons. The molecule has 0 aromatic heterocycles. The first kappa shape index (κ1) is 12.2. The maximum absolute atomic E-state index is 6.08. The van der Waals surface area contributed by atoms with Crippen molar-refractivity contribution < 1.29 is 14.2 Å². The molecule has 2 aliphatic rings. The second-order valence-electron chi connectivity index (χ2n) is 5.18. The first-order chi connectivity index (χ1) is 8.88. The van der Waals surface area contributed by atoms with Gasteiger partial charge in [0.15, 0.2) is 0 Å². The first-order valence-electron chi connectivity index (χ1n) is 6.68. The number of ether oxygens (including phenoxy) is 3. The van der Waals surface area contributed by atoms with Gasteiger partial charge in [0.05, 0.1) is 25.9 Å². The van der Waals surface area contributed by atoms with Crippen molar-refractivity contribution in [3.05, 3.63) is 35.4 Å². The predicted octanol–water partition coefficient (Wildman–Crippen LogP) is 2.70. The maximum atomic E-state index is 6.08. The van der Waals surface area contributed by atoms with Gasteiger partial charge in [0, 0.05) is 7.11 Å². The van der Waals surface area contributed by atoms with E-state index in [2.05, 4.69) is 24.3 Å². The van der Waals surface area contributed by atoms with Gasteiger partial charge >= 0.3 is 0 Å². The van der Waals surface area contributed by atoms with Gasteiger partial charge in [-0.15, -0.1) is 0 Å². The van der Waals surface area contributed by atoms with E-state index in [9.17, 15) is 0 Å². The van der Waals surface area contributed by atoms with Crippen LogP contribution in [0.3, 0.4) is 0 Å². The van der Waals surface area contributed by atoms with Gasteiger partial charge in [0.2, 0.25) is 0 Å². The zero-order valence-corrected chi connectivity index (χ0v) is 10.8. The van der Waals surface area contributed by atoms with Crippen LogP contribution in [0.2, 0.25) is 0 Å². The summed E-state index contributed by atoms with van der Waals surface area (Å²) < 4.78 is 16.6. The van der Waals surface area contributed by atoms with Crippen molar-refractivity contribution in [3.63, 3.8) is 0 Å². The normalized spacial score (nSPS) is 23.9. The van der Waals surface area contributed by atoms with E-state index in [1.165, 1.54) is 24.0 Å². The Balaban J connectivity index is 1.74. The van der Waals surface area contributed by atoms with Gasteiger partial charge in [-0.3, -0.25) is 0 Å². The fourth-order valence-corrected chi connectivity index (χ4v) is 2.35. The standard InChI is InChI=1S/C15H20O3/c1-16-8-12-4-2-3-5-14(12)15(11-6-7-11)18-10-13-9-17-13/h2-5,11,13,15H,6-10H2,1H3. The van der Waals surface area contributed by atoms with E-state index < -0.39 is 0 Å². The van der Waals surface area contributed by atoms with E-state index in [4.69, 9.17) is 14.2 Å². The average Bonchev–Trinajstić information content (AvgIpc) is 3.26. The lowest BCUT2D eigenvalue weighted by atomic mass is 9.99. The summed E-state index contributed by atoms with van der Waals surface area (Å²) >= 11 is 0. The van der Waals surface area contributed by atoms with E-state index in [-0.39, 0.29) is 6.10 Å². The molecule has 0 bridgehead atoms. The molecule has 1 saturated heterocycles.